The van der Waals surface area contributed by atoms with Crippen LogP contribution in [-0.4, -0.2) is 33.4 Å². The average molecular weight is 299 g/mol. The quantitative estimate of drug-likeness (QED) is 0.883. The van der Waals surface area contributed by atoms with E-state index in [0.29, 0.717) is 6.54 Å². The van der Waals surface area contributed by atoms with E-state index in [1.165, 1.54) is 0 Å². The van der Waals surface area contributed by atoms with Crippen LogP contribution in [0.1, 0.15) is 25.0 Å². The van der Waals surface area contributed by atoms with Crippen LogP contribution in [0.3, 0.4) is 0 Å². The molecule has 0 radical (unpaired) electrons. The summed E-state index contributed by atoms with van der Waals surface area (Å²) in [6, 6.07) is 11.7. The minimum atomic E-state index is -0.266. The lowest BCUT2D eigenvalue weighted by molar-refractivity contribution is -0.120. The molecule has 2 N–H and O–H groups in total. The minimum absolute atomic E-state index is 0.0441. The van der Waals surface area contributed by atoms with Crippen molar-refractivity contribution in [3.05, 3.63) is 48.3 Å². The number of benzene rings is 1. The first-order valence-electron chi connectivity index (χ1n) is 7.77. The minimum Gasteiger partial charge on any atom is -0.393 e. The van der Waals surface area contributed by atoms with E-state index in [2.05, 4.69) is 10.4 Å². The maximum atomic E-state index is 12.0. The van der Waals surface area contributed by atoms with Gasteiger partial charge in [0.25, 0.3) is 0 Å². The molecule has 1 aromatic heterocycles. The van der Waals surface area contributed by atoms with E-state index in [1.54, 1.807) is 4.68 Å². The fourth-order valence-electron chi connectivity index (χ4n) is 2.91. The second-order valence-electron chi connectivity index (χ2n) is 5.83. The summed E-state index contributed by atoms with van der Waals surface area (Å²) >= 11 is 0. The van der Waals surface area contributed by atoms with Gasteiger partial charge in [0.1, 0.15) is 0 Å². The number of hydrogen-bond donors (Lipinski definition) is 2. The molecule has 2 atom stereocenters. The van der Waals surface area contributed by atoms with E-state index in [-0.39, 0.29) is 24.3 Å². The van der Waals surface area contributed by atoms with Crippen LogP contribution in [0.2, 0.25) is 0 Å². The lowest BCUT2D eigenvalue weighted by Gasteiger charge is -2.14. The van der Waals surface area contributed by atoms with Crippen LogP contribution in [0, 0.1) is 5.92 Å². The molecule has 5 heteroatoms. The predicted molar refractivity (Wildman–Crippen MR) is 83.6 cm³/mol. The third-order valence-electron chi connectivity index (χ3n) is 4.19. The Labute approximate surface area is 130 Å². The molecule has 1 saturated carbocycles. The fourth-order valence-corrected chi connectivity index (χ4v) is 2.91. The Bertz CT molecular complexity index is 624. The Kier molecular flexibility index (Phi) is 4.53. The van der Waals surface area contributed by atoms with Gasteiger partial charge in [-0.05, 0) is 31.0 Å². The number of nitrogens with one attached hydrogen (secondary N) is 1. The largest absolute Gasteiger partial charge is 0.393 e. The van der Waals surface area contributed by atoms with Crippen molar-refractivity contribution in [3.8, 4) is 5.69 Å². The van der Waals surface area contributed by atoms with Gasteiger partial charge in [0, 0.05) is 18.7 Å². The van der Waals surface area contributed by atoms with E-state index in [9.17, 15) is 9.90 Å². The maximum Gasteiger partial charge on any atom is 0.226 e. The lowest BCUT2D eigenvalue weighted by Crippen LogP contribution is -2.33. The summed E-state index contributed by atoms with van der Waals surface area (Å²) in [5.74, 6) is 0.156. The van der Waals surface area contributed by atoms with Gasteiger partial charge < -0.3 is 10.4 Å². The number of hydrogen-bond acceptors (Lipinski definition) is 3. The van der Waals surface area contributed by atoms with Crippen LogP contribution >= 0.6 is 0 Å². The summed E-state index contributed by atoms with van der Waals surface area (Å²) in [6.45, 7) is 0.555. The highest BCUT2D eigenvalue weighted by Crippen LogP contribution is 2.24. The Balaban J connectivity index is 1.53. The Morgan fingerprint density at radius 3 is 2.82 bits per heavy atom. The van der Waals surface area contributed by atoms with Gasteiger partial charge in [0.2, 0.25) is 5.91 Å². The van der Waals surface area contributed by atoms with Gasteiger partial charge in [-0.15, -0.1) is 0 Å². The summed E-state index contributed by atoms with van der Waals surface area (Å²) in [5.41, 5.74) is 1.72. The first kappa shape index (κ1) is 14.8. The summed E-state index contributed by atoms with van der Waals surface area (Å²) in [7, 11) is 0. The van der Waals surface area contributed by atoms with E-state index in [1.807, 2.05) is 42.6 Å². The third-order valence-corrected chi connectivity index (χ3v) is 4.19. The molecule has 1 fully saturated rings. The monoisotopic (exact) mass is 299 g/mol. The predicted octanol–water partition coefficient (Wildman–Crippen LogP) is 1.69. The number of aliphatic hydroxyl groups is 1. The second kappa shape index (κ2) is 6.75. The third kappa shape index (κ3) is 3.54. The first-order chi connectivity index (χ1) is 10.7. The molecule has 5 nitrogen and oxygen atoms in total. The summed E-state index contributed by atoms with van der Waals surface area (Å²) in [5, 5.41) is 17.1. The molecule has 3 rings (SSSR count). The van der Waals surface area contributed by atoms with Gasteiger partial charge >= 0.3 is 0 Å². The zero-order chi connectivity index (χ0) is 15.4. The zero-order valence-corrected chi connectivity index (χ0v) is 12.5. The van der Waals surface area contributed by atoms with Gasteiger partial charge in [-0.2, -0.15) is 5.10 Å². The van der Waals surface area contributed by atoms with Crippen molar-refractivity contribution in [3.63, 3.8) is 0 Å². The number of aromatic nitrogens is 2. The lowest BCUT2D eigenvalue weighted by atomic mass is 10.1. The van der Waals surface area contributed by atoms with Crippen LogP contribution in [-0.2, 0) is 11.2 Å². The van der Waals surface area contributed by atoms with Gasteiger partial charge in [0.05, 0.1) is 23.9 Å². The van der Waals surface area contributed by atoms with Gasteiger partial charge in [-0.3, -0.25) is 4.79 Å². The second-order valence-corrected chi connectivity index (χ2v) is 5.83. The van der Waals surface area contributed by atoms with Crippen molar-refractivity contribution < 1.29 is 9.90 Å². The Morgan fingerprint density at radius 2 is 2.09 bits per heavy atom. The molecular weight excluding hydrogens is 278 g/mol. The maximum absolute atomic E-state index is 12.0. The molecule has 0 bridgehead atoms. The SMILES string of the molecule is O=C(Cc1ccn(-c2ccccc2)n1)NC[C@@H]1CCC[C@H]1O. The standard InChI is InChI=1S/C17H21N3O2/c21-16-8-4-5-13(16)12-18-17(22)11-14-9-10-20(19-14)15-6-2-1-3-7-15/h1-3,6-7,9-10,13,16,21H,4-5,8,11-12H2,(H,18,22)/t13-,16+/m0/s1. The van der Waals surface area contributed by atoms with E-state index >= 15 is 0 Å². The highest BCUT2D eigenvalue weighted by Gasteiger charge is 2.25. The highest BCUT2D eigenvalue weighted by molar-refractivity contribution is 5.78. The molecule has 1 amide bonds. The van der Waals surface area contributed by atoms with E-state index in [0.717, 1.165) is 30.6 Å². The molecular formula is C17H21N3O2. The van der Waals surface area contributed by atoms with E-state index in [4.69, 9.17) is 0 Å². The van der Waals surface area contributed by atoms with Crippen molar-refractivity contribution in [2.24, 2.45) is 5.92 Å². The molecule has 0 unspecified atom stereocenters. The van der Waals surface area contributed by atoms with Crippen molar-refractivity contribution in [1.82, 2.24) is 15.1 Å². The number of nitrogens with zero attached hydrogens (tertiary/aromatic N) is 2. The Morgan fingerprint density at radius 1 is 1.27 bits per heavy atom. The molecule has 0 spiro atoms. The van der Waals surface area contributed by atoms with Crippen LogP contribution < -0.4 is 5.32 Å². The number of aliphatic hydroxyl groups excluding tert-OH is 1. The van der Waals surface area contributed by atoms with Crippen molar-refractivity contribution in [1.29, 1.82) is 0 Å². The van der Waals surface area contributed by atoms with Crippen LogP contribution in [0.25, 0.3) is 5.69 Å². The number of carbonyl (C=O) groups excluding carboxylic acids is 1. The van der Waals surface area contributed by atoms with Gasteiger partial charge in [0.15, 0.2) is 0 Å². The zero-order valence-electron chi connectivity index (χ0n) is 12.5. The normalized spacial score (nSPS) is 21.0. The number of carbonyl (C=O) groups is 1. The highest BCUT2D eigenvalue weighted by atomic mass is 16.3. The number of amides is 1. The summed E-state index contributed by atoms with van der Waals surface area (Å²) in [4.78, 5) is 12.0. The van der Waals surface area contributed by atoms with Crippen molar-refractivity contribution in [2.45, 2.75) is 31.8 Å². The molecule has 1 heterocycles. The van der Waals surface area contributed by atoms with Crippen LogP contribution in [0.15, 0.2) is 42.6 Å². The molecule has 1 aromatic carbocycles. The molecule has 2 aromatic rings. The average Bonchev–Trinajstić information content (AvgIpc) is 3.15. The van der Waals surface area contributed by atoms with Gasteiger partial charge in [-0.25, -0.2) is 4.68 Å². The summed E-state index contributed by atoms with van der Waals surface area (Å²) in [6.07, 6.45) is 4.74. The summed E-state index contributed by atoms with van der Waals surface area (Å²) < 4.78 is 1.77. The molecule has 0 aliphatic heterocycles. The molecule has 116 valence electrons. The van der Waals surface area contributed by atoms with E-state index < -0.39 is 0 Å². The fraction of sp³-hybridized carbons (Fsp3) is 0.412. The first-order valence-corrected chi connectivity index (χ1v) is 7.77. The molecule has 22 heavy (non-hydrogen) atoms. The topological polar surface area (TPSA) is 67.2 Å². The molecule has 1 aliphatic carbocycles. The van der Waals surface area contributed by atoms with Crippen molar-refractivity contribution in [2.75, 3.05) is 6.54 Å². The number of para-hydroxylation sites is 1. The van der Waals surface area contributed by atoms with Crippen LogP contribution in [0.4, 0.5) is 0 Å². The molecule has 1 aliphatic rings. The van der Waals surface area contributed by atoms with Gasteiger partial charge in [-0.1, -0.05) is 24.6 Å². The number of rotatable bonds is 5. The smallest absolute Gasteiger partial charge is 0.226 e. The van der Waals surface area contributed by atoms with Crippen LogP contribution in [0.5, 0.6) is 0 Å². The van der Waals surface area contributed by atoms with Crippen molar-refractivity contribution >= 4 is 5.91 Å². The molecule has 0 saturated heterocycles. The Hall–Kier alpha value is -2.14.